The number of halogens is 2. The average molecular weight is 281 g/mol. The van der Waals surface area contributed by atoms with Gasteiger partial charge in [-0.2, -0.15) is 0 Å². The summed E-state index contributed by atoms with van der Waals surface area (Å²) in [6.45, 7) is 0. The summed E-state index contributed by atoms with van der Waals surface area (Å²) in [6.07, 6.45) is 2.69. The van der Waals surface area contributed by atoms with Crippen molar-refractivity contribution in [2.75, 3.05) is 0 Å². The Balaban J connectivity index is 2.12. The normalized spacial score (nSPS) is 10.5. The summed E-state index contributed by atoms with van der Waals surface area (Å²) < 4.78 is 14.6. The molecule has 0 saturated carbocycles. The van der Waals surface area contributed by atoms with Gasteiger partial charge in [-0.1, -0.05) is 11.6 Å². The van der Waals surface area contributed by atoms with E-state index in [0.717, 1.165) is 6.07 Å². The van der Waals surface area contributed by atoms with Crippen molar-refractivity contribution in [3.63, 3.8) is 0 Å². The molecule has 0 N–H and O–H groups in total. The molecule has 0 fully saturated rings. The molecular weight excluding hydrogens is 271 g/mol. The number of hydrogen-bond acceptors (Lipinski definition) is 3. The monoisotopic (exact) mass is 280 g/mol. The van der Waals surface area contributed by atoms with Crippen molar-refractivity contribution in [3.05, 3.63) is 52.8 Å². The van der Waals surface area contributed by atoms with Crippen LogP contribution in [0.25, 0.3) is 0 Å². The van der Waals surface area contributed by atoms with Gasteiger partial charge < -0.3 is 4.57 Å². The van der Waals surface area contributed by atoms with Crippen molar-refractivity contribution in [2.45, 2.75) is 6.42 Å². The van der Waals surface area contributed by atoms with Gasteiger partial charge in [-0.3, -0.25) is 9.59 Å². The number of aryl methyl sites for hydroxylation is 1. The van der Waals surface area contributed by atoms with Crippen molar-refractivity contribution in [2.24, 2.45) is 7.05 Å². The first kappa shape index (κ1) is 13.4. The lowest BCUT2D eigenvalue weighted by atomic mass is 10.0. The van der Waals surface area contributed by atoms with Crippen LogP contribution in [0, 0.1) is 5.82 Å². The third kappa shape index (κ3) is 3.06. The van der Waals surface area contributed by atoms with Crippen LogP contribution in [0.5, 0.6) is 0 Å². The summed E-state index contributed by atoms with van der Waals surface area (Å²) in [5.74, 6) is -1.40. The van der Waals surface area contributed by atoms with Gasteiger partial charge in [0.2, 0.25) is 0 Å². The zero-order chi connectivity index (χ0) is 14.0. The molecule has 0 radical (unpaired) electrons. The van der Waals surface area contributed by atoms with E-state index in [4.69, 9.17) is 11.6 Å². The van der Waals surface area contributed by atoms with Crippen LogP contribution >= 0.6 is 11.6 Å². The molecule has 0 spiro atoms. The first-order valence-electron chi connectivity index (χ1n) is 5.47. The molecule has 0 amide bonds. The van der Waals surface area contributed by atoms with Crippen LogP contribution in [-0.4, -0.2) is 21.1 Å². The Morgan fingerprint density at radius 1 is 1.37 bits per heavy atom. The fraction of sp³-hybridized carbons (Fsp3) is 0.154. The Labute approximate surface area is 113 Å². The molecule has 6 heteroatoms. The van der Waals surface area contributed by atoms with Crippen molar-refractivity contribution in [1.82, 2.24) is 9.55 Å². The van der Waals surface area contributed by atoms with Crippen molar-refractivity contribution < 1.29 is 14.0 Å². The van der Waals surface area contributed by atoms with E-state index in [9.17, 15) is 14.0 Å². The molecule has 2 rings (SSSR count). The van der Waals surface area contributed by atoms with Crippen LogP contribution in [0.2, 0.25) is 5.02 Å². The Hall–Kier alpha value is -2.01. The molecular formula is C13H10ClFN2O2. The zero-order valence-corrected chi connectivity index (χ0v) is 10.8. The summed E-state index contributed by atoms with van der Waals surface area (Å²) in [5.41, 5.74) is 0.430. The highest BCUT2D eigenvalue weighted by Crippen LogP contribution is 2.17. The van der Waals surface area contributed by atoms with Crippen molar-refractivity contribution in [1.29, 1.82) is 0 Å². The predicted molar refractivity (Wildman–Crippen MR) is 67.9 cm³/mol. The smallest absolute Gasteiger partial charge is 0.190 e. The van der Waals surface area contributed by atoms with Crippen LogP contribution < -0.4 is 0 Å². The quantitative estimate of drug-likeness (QED) is 0.639. The zero-order valence-electron chi connectivity index (χ0n) is 10.1. The average Bonchev–Trinajstić information content (AvgIpc) is 2.79. The van der Waals surface area contributed by atoms with Gasteiger partial charge >= 0.3 is 0 Å². The molecule has 0 aliphatic heterocycles. The van der Waals surface area contributed by atoms with E-state index in [0.29, 0.717) is 0 Å². The van der Waals surface area contributed by atoms with Gasteiger partial charge in [0, 0.05) is 18.8 Å². The number of aromatic nitrogens is 2. The minimum atomic E-state index is -0.603. The van der Waals surface area contributed by atoms with Crippen molar-refractivity contribution >= 4 is 23.2 Å². The standard InChI is InChI=1S/C13H10ClFN2O2/c1-17-6-11(16-7-17)13(19)5-12(18)8-2-3-10(15)9(14)4-8/h2-4,6-7H,5H2,1H3. The highest BCUT2D eigenvalue weighted by molar-refractivity contribution is 6.31. The van der Waals surface area contributed by atoms with Gasteiger partial charge in [0.05, 0.1) is 17.8 Å². The van der Waals surface area contributed by atoms with Gasteiger partial charge in [0.1, 0.15) is 11.5 Å². The number of imidazole rings is 1. The maximum absolute atomic E-state index is 13.0. The number of hydrogen-bond donors (Lipinski definition) is 0. The molecule has 1 aromatic carbocycles. The van der Waals surface area contributed by atoms with Gasteiger partial charge in [0.25, 0.3) is 0 Å². The number of benzene rings is 1. The van der Waals surface area contributed by atoms with E-state index in [1.165, 1.54) is 24.7 Å². The molecule has 0 aliphatic rings. The third-order valence-corrected chi connectivity index (χ3v) is 2.84. The van der Waals surface area contributed by atoms with Gasteiger partial charge in [-0.05, 0) is 18.2 Å². The second kappa shape index (κ2) is 5.32. The maximum Gasteiger partial charge on any atom is 0.190 e. The number of carbonyl (C=O) groups excluding carboxylic acids is 2. The number of Topliss-reactive ketones (excluding diaryl/α,β-unsaturated/α-hetero) is 2. The minimum absolute atomic E-state index is 0.142. The lowest BCUT2D eigenvalue weighted by molar-refractivity contribution is 0.0891. The molecule has 0 aliphatic carbocycles. The number of rotatable bonds is 4. The first-order chi connectivity index (χ1) is 8.97. The number of ketones is 2. The lowest BCUT2D eigenvalue weighted by Gasteiger charge is -2.01. The molecule has 0 atom stereocenters. The summed E-state index contributed by atoms with van der Waals surface area (Å²) in [6, 6.07) is 3.61. The molecule has 19 heavy (non-hydrogen) atoms. The van der Waals surface area contributed by atoms with E-state index >= 15 is 0 Å². The second-order valence-electron chi connectivity index (χ2n) is 4.08. The molecule has 98 valence electrons. The molecule has 4 nitrogen and oxygen atoms in total. The molecule has 1 heterocycles. The second-order valence-corrected chi connectivity index (χ2v) is 4.48. The maximum atomic E-state index is 13.0. The Bertz CT molecular complexity index is 652. The fourth-order valence-corrected chi connectivity index (χ4v) is 1.75. The third-order valence-electron chi connectivity index (χ3n) is 2.55. The van der Waals surface area contributed by atoms with Gasteiger partial charge in [-0.15, -0.1) is 0 Å². The van der Waals surface area contributed by atoms with Gasteiger partial charge in [0.15, 0.2) is 11.6 Å². The topological polar surface area (TPSA) is 52.0 Å². The van der Waals surface area contributed by atoms with Crippen molar-refractivity contribution in [3.8, 4) is 0 Å². The van der Waals surface area contributed by atoms with Crippen LogP contribution in [-0.2, 0) is 7.05 Å². The largest absolute Gasteiger partial charge is 0.340 e. The first-order valence-corrected chi connectivity index (χ1v) is 5.84. The Morgan fingerprint density at radius 3 is 2.68 bits per heavy atom. The summed E-state index contributed by atoms with van der Waals surface area (Å²) >= 11 is 5.59. The number of carbonyl (C=O) groups is 2. The molecule has 1 aromatic heterocycles. The Morgan fingerprint density at radius 2 is 2.11 bits per heavy atom. The Kier molecular flexibility index (Phi) is 3.76. The predicted octanol–water partition coefficient (Wildman–Crippen LogP) is 2.67. The van der Waals surface area contributed by atoms with E-state index in [-0.39, 0.29) is 28.5 Å². The highest BCUT2D eigenvalue weighted by atomic mass is 35.5. The number of nitrogens with zero attached hydrogens (tertiary/aromatic N) is 2. The minimum Gasteiger partial charge on any atom is -0.340 e. The summed E-state index contributed by atoms with van der Waals surface area (Å²) in [5, 5.41) is -0.142. The summed E-state index contributed by atoms with van der Waals surface area (Å²) in [7, 11) is 1.73. The van der Waals surface area contributed by atoms with E-state index in [1.54, 1.807) is 11.6 Å². The highest BCUT2D eigenvalue weighted by Gasteiger charge is 2.16. The van der Waals surface area contributed by atoms with Crippen LogP contribution in [0.1, 0.15) is 27.3 Å². The van der Waals surface area contributed by atoms with Crippen LogP contribution in [0.15, 0.2) is 30.7 Å². The lowest BCUT2D eigenvalue weighted by Crippen LogP contribution is -2.09. The van der Waals surface area contributed by atoms with E-state index in [2.05, 4.69) is 4.98 Å². The van der Waals surface area contributed by atoms with E-state index < -0.39 is 11.6 Å². The van der Waals surface area contributed by atoms with Gasteiger partial charge in [-0.25, -0.2) is 9.37 Å². The molecule has 0 unspecified atom stereocenters. The van der Waals surface area contributed by atoms with E-state index in [1.807, 2.05) is 0 Å². The summed E-state index contributed by atoms with van der Waals surface area (Å²) in [4.78, 5) is 27.5. The molecule has 2 aromatic rings. The molecule has 0 bridgehead atoms. The SMILES string of the molecule is Cn1cnc(C(=O)CC(=O)c2ccc(F)c(Cl)c2)c1. The van der Waals surface area contributed by atoms with Crippen LogP contribution in [0.3, 0.4) is 0 Å². The fourth-order valence-electron chi connectivity index (χ4n) is 1.56. The molecule has 0 saturated heterocycles. The van der Waals surface area contributed by atoms with Crippen LogP contribution in [0.4, 0.5) is 4.39 Å².